The number of anilines is 1. The van der Waals surface area contributed by atoms with Crippen LogP contribution >= 0.6 is 27.7 Å². The summed E-state index contributed by atoms with van der Waals surface area (Å²) >= 11 is 5.30. The molecule has 0 saturated carbocycles. The normalized spacial score (nSPS) is 10.4. The fourth-order valence-electron chi connectivity index (χ4n) is 1.43. The predicted molar refractivity (Wildman–Crippen MR) is 73.3 cm³/mol. The third kappa shape index (κ3) is 3.68. The molecule has 2 nitrogen and oxygen atoms in total. The lowest BCUT2D eigenvalue weighted by Gasteiger charge is -2.19. The SMILES string of the molecule is CSCCN(C)c1ncc(CBr)cc1C. The van der Waals surface area contributed by atoms with Gasteiger partial charge in [0.1, 0.15) is 5.82 Å². The maximum absolute atomic E-state index is 4.49. The summed E-state index contributed by atoms with van der Waals surface area (Å²) in [4.78, 5) is 6.70. The van der Waals surface area contributed by atoms with Crippen LogP contribution in [0.25, 0.3) is 0 Å². The zero-order valence-electron chi connectivity index (χ0n) is 9.46. The third-order valence-corrected chi connectivity index (χ3v) is 3.49. The second-order valence-electron chi connectivity index (χ2n) is 3.53. The van der Waals surface area contributed by atoms with Gasteiger partial charge in [0.15, 0.2) is 0 Å². The molecule has 0 unspecified atom stereocenters. The number of pyridine rings is 1. The van der Waals surface area contributed by atoms with Crippen molar-refractivity contribution in [3.63, 3.8) is 0 Å². The highest BCUT2D eigenvalue weighted by Gasteiger charge is 2.06. The number of aromatic nitrogens is 1. The van der Waals surface area contributed by atoms with Gasteiger partial charge in [-0.05, 0) is 24.3 Å². The Bertz CT molecular complexity index is 317. The van der Waals surface area contributed by atoms with Crippen LogP contribution in [0.4, 0.5) is 5.82 Å². The van der Waals surface area contributed by atoms with Gasteiger partial charge in [0, 0.05) is 30.9 Å². The van der Waals surface area contributed by atoms with Gasteiger partial charge in [-0.2, -0.15) is 11.8 Å². The van der Waals surface area contributed by atoms with E-state index in [1.165, 1.54) is 11.1 Å². The van der Waals surface area contributed by atoms with Crippen molar-refractivity contribution >= 4 is 33.5 Å². The van der Waals surface area contributed by atoms with E-state index in [0.29, 0.717) is 0 Å². The van der Waals surface area contributed by atoms with E-state index < -0.39 is 0 Å². The first kappa shape index (κ1) is 12.8. The Labute approximate surface area is 105 Å². The molecule has 1 rings (SSSR count). The van der Waals surface area contributed by atoms with Crippen molar-refractivity contribution in [1.29, 1.82) is 0 Å². The Morgan fingerprint density at radius 1 is 1.53 bits per heavy atom. The van der Waals surface area contributed by atoms with Crippen LogP contribution in [0.3, 0.4) is 0 Å². The van der Waals surface area contributed by atoms with E-state index in [2.05, 4.69) is 52.1 Å². The Morgan fingerprint density at radius 3 is 2.80 bits per heavy atom. The smallest absolute Gasteiger partial charge is 0.131 e. The molecule has 0 fully saturated rings. The van der Waals surface area contributed by atoms with Crippen LogP contribution < -0.4 is 4.90 Å². The van der Waals surface area contributed by atoms with E-state index in [1.807, 2.05) is 18.0 Å². The van der Waals surface area contributed by atoms with Crippen LogP contribution in [-0.2, 0) is 5.33 Å². The molecule has 0 aliphatic carbocycles. The van der Waals surface area contributed by atoms with Crippen molar-refractivity contribution in [3.8, 4) is 0 Å². The van der Waals surface area contributed by atoms with Crippen molar-refractivity contribution < 1.29 is 0 Å². The molecule has 84 valence electrons. The maximum atomic E-state index is 4.49. The van der Waals surface area contributed by atoms with Crippen molar-refractivity contribution in [2.24, 2.45) is 0 Å². The van der Waals surface area contributed by atoms with Gasteiger partial charge in [0.05, 0.1) is 0 Å². The fourth-order valence-corrected chi connectivity index (χ4v) is 2.20. The summed E-state index contributed by atoms with van der Waals surface area (Å²) in [5, 5.41) is 0.871. The van der Waals surface area contributed by atoms with Crippen molar-refractivity contribution in [1.82, 2.24) is 4.98 Å². The van der Waals surface area contributed by atoms with Crippen LogP contribution in [0.5, 0.6) is 0 Å². The molecule has 1 aromatic rings. The highest BCUT2D eigenvalue weighted by Crippen LogP contribution is 2.18. The Morgan fingerprint density at radius 2 is 2.27 bits per heavy atom. The van der Waals surface area contributed by atoms with E-state index in [0.717, 1.165) is 23.4 Å². The second-order valence-corrected chi connectivity index (χ2v) is 5.08. The van der Waals surface area contributed by atoms with Gasteiger partial charge in [0.25, 0.3) is 0 Å². The summed E-state index contributed by atoms with van der Waals surface area (Å²) in [6, 6.07) is 2.19. The first-order chi connectivity index (χ1) is 7.19. The number of hydrogen-bond acceptors (Lipinski definition) is 3. The molecular weight excluding hydrogens is 272 g/mol. The average Bonchev–Trinajstić information content (AvgIpc) is 2.25. The fraction of sp³-hybridized carbons (Fsp3) is 0.545. The second kappa shape index (κ2) is 6.38. The van der Waals surface area contributed by atoms with Crippen LogP contribution in [0.2, 0.25) is 0 Å². The van der Waals surface area contributed by atoms with Crippen molar-refractivity contribution in [2.75, 3.05) is 30.5 Å². The predicted octanol–water partition coefficient (Wildman–Crippen LogP) is 3.08. The maximum Gasteiger partial charge on any atom is 0.131 e. The molecule has 0 aromatic carbocycles. The van der Waals surface area contributed by atoms with Crippen LogP contribution in [0.15, 0.2) is 12.3 Å². The first-order valence-corrected chi connectivity index (χ1v) is 7.42. The van der Waals surface area contributed by atoms with Gasteiger partial charge in [-0.25, -0.2) is 4.98 Å². The van der Waals surface area contributed by atoms with Gasteiger partial charge >= 0.3 is 0 Å². The minimum absolute atomic E-state index is 0.871. The van der Waals surface area contributed by atoms with E-state index >= 15 is 0 Å². The molecule has 0 aliphatic heterocycles. The largest absolute Gasteiger partial charge is 0.359 e. The van der Waals surface area contributed by atoms with E-state index in [-0.39, 0.29) is 0 Å². The lowest BCUT2D eigenvalue weighted by molar-refractivity contribution is 0.934. The Hall–Kier alpha value is -0.220. The molecule has 0 bridgehead atoms. The number of alkyl halides is 1. The topological polar surface area (TPSA) is 16.1 Å². The summed E-state index contributed by atoms with van der Waals surface area (Å²) in [5.74, 6) is 2.23. The van der Waals surface area contributed by atoms with Gasteiger partial charge in [-0.3, -0.25) is 0 Å². The molecule has 0 aliphatic rings. The van der Waals surface area contributed by atoms with E-state index in [9.17, 15) is 0 Å². The first-order valence-electron chi connectivity index (χ1n) is 4.90. The number of aryl methyl sites for hydroxylation is 1. The minimum Gasteiger partial charge on any atom is -0.359 e. The summed E-state index contributed by atoms with van der Waals surface area (Å²) in [5.41, 5.74) is 2.48. The van der Waals surface area contributed by atoms with Gasteiger partial charge in [-0.1, -0.05) is 22.0 Å². The highest BCUT2D eigenvalue weighted by molar-refractivity contribution is 9.08. The molecule has 0 spiro atoms. The van der Waals surface area contributed by atoms with Crippen LogP contribution in [0, 0.1) is 6.92 Å². The molecule has 15 heavy (non-hydrogen) atoms. The molecule has 0 N–H and O–H groups in total. The minimum atomic E-state index is 0.871. The molecule has 0 atom stereocenters. The Balaban J connectivity index is 2.76. The zero-order chi connectivity index (χ0) is 11.3. The van der Waals surface area contributed by atoms with Crippen molar-refractivity contribution in [2.45, 2.75) is 12.3 Å². The molecule has 0 saturated heterocycles. The van der Waals surface area contributed by atoms with Gasteiger partial charge in [-0.15, -0.1) is 0 Å². The Kier molecular flexibility index (Phi) is 5.47. The lowest BCUT2D eigenvalue weighted by atomic mass is 10.2. The molecule has 1 heterocycles. The summed E-state index contributed by atoms with van der Waals surface area (Å²) in [6.45, 7) is 3.16. The molecular formula is C11H17BrN2S. The summed E-state index contributed by atoms with van der Waals surface area (Å²) in [7, 11) is 2.10. The van der Waals surface area contributed by atoms with Gasteiger partial charge < -0.3 is 4.90 Å². The number of thioether (sulfide) groups is 1. The molecule has 0 radical (unpaired) electrons. The van der Waals surface area contributed by atoms with Gasteiger partial charge in [0.2, 0.25) is 0 Å². The highest BCUT2D eigenvalue weighted by atomic mass is 79.9. The number of rotatable bonds is 5. The molecule has 1 aromatic heterocycles. The molecule has 4 heteroatoms. The molecule has 0 amide bonds. The quantitative estimate of drug-likeness (QED) is 0.775. The third-order valence-electron chi connectivity index (χ3n) is 2.25. The standard InChI is InChI=1S/C11H17BrN2S/c1-9-6-10(7-12)8-13-11(9)14(2)4-5-15-3/h6,8H,4-5,7H2,1-3H3. The van der Waals surface area contributed by atoms with Crippen LogP contribution in [0.1, 0.15) is 11.1 Å². The number of nitrogens with zero attached hydrogens (tertiary/aromatic N) is 2. The zero-order valence-corrected chi connectivity index (χ0v) is 11.9. The summed E-state index contributed by atoms with van der Waals surface area (Å²) < 4.78 is 0. The van der Waals surface area contributed by atoms with Crippen molar-refractivity contribution in [3.05, 3.63) is 23.4 Å². The van der Waals surface area contributed by atoms with E-state index in [1.54, 1.807) is 0 Å². The summed E-state index contributed by atoms with van der Waals surface area (Å²) in [6.07, 6.45) is 4.06. The van der Waals surface area contributed by atoms with Crippen LogP contribution in [-0.4, -0.2) is 30.6 Å². The van der Waals surface area contributed by atoms with E-state index in [4.69, 9.17) is 0 Å². The monoisotopic (exact) mass is 288 g/mol. The lowest BCUT2D eigenvalue weighted by Crippen LogP contribution is -2.22. The number of hydrogen-bond donors (Lipinski definition) is 0. The number of halogens is 1. The average molecular weight is 289 g/mol.